The van der Waals surface area contributed by atoms with Crippen LogP contribution in [0.25, 0.3) is 0 Å². The highest BCUT2D eigenvalue weighted by atomic mass is 16.5. The van der Waals surface area contributed by atoms with E-state index in [1.807, 2.05) is 0 Å². The second-order valence-electron chi connectivity index (χ2n) is 4.74. The zero-order valence-electron chi connectivity index (χ0n) is 12.1. The molecule has 21 heavy (non-hydrogen) atoms. The lowest BCUT2D eigenvalue weighted by Gasteiger charge is -2.17. The summed E-state index contributed by atoms with van der Waals surface area (Å²) in [5.74, 6) is -0.285. The fourth-order valence-electron chi connectivity index (χ4n) is 1.88. The molecular formula is C15H21NO5. The summed E-state index contributed by atoms with van der Waals surface area (Å²) in [6.07, 6.45) is 0.810. The molecule has 1 aromatic rings. The van der Waals surface area contributed by atoms with Crippen LogP contribution in [0.2, 0.25) is 0 Å². The fourth-order valence-corrected chi connectivity index (χ4v) is 1.88. The van der Waals surface area contributed by atoms with Crippen LogP contribution in [0.15, 0.2) is 35.9 Å². The SMILES string of the molecule is C/C(=C\[C@@H](C)[C@@H](O)c1ccc(OCCO)cc1)C(=O)NO. The number of hydrogen-bond acceptors (Lipinski definition) is 5. The molecule has 1 aromatic carbocycles. The molecule has 0 saturated carbocycles. The predicted octanol–water partition coefficient (Wildman–Crippen LogP) is 1.18. The maximum atomic E-state index is 11.2. The van der Waals surface area contributed by atoms with Crippen LogP contribution in [0.1, 0.15) is 25.5 Å². The minimum atomic E-state index is -0.779. The van der Waals surface area contributed by atoms with Crippen molar-refractivity contribution in [1.29, 1.82) is 0 Å². The van der Waals surface area contributed by atoms with Crippen molar-refractivity contribution < 1.29 is 25.0 Å². The first kappa shape index (κ1) is 17.2. The number of benzene rings is 1. The highest BCUT2D eigenvalue weighted by Crippen LogP contribution is 2.25. The van der Waals surface area contributed by atoms with Gasteiger partial charge in [0.2, 0.25) is 0 Å². The Morgan fingerprint density at radius 1 is 1.38 bits per heavy atom. The molecule has 4 N–H and O–H groups in total. The van der Waals surface area contributed by atoms with E-state index in [0.29, 0.717) is 16.9 Å². The number of carbonyl (C=O) groups is 1. The quantitative estimate of drug-likeness (QED) is 0.344. The number of aliphatic hydroxyl groups excluding tert-OH is 2. The Balaban J connectivity index is 2.73. The summed E-state index contributed by atoms with van der Waals surface area (Å²) in [7, 11) is 0. The Bertz CT molecular complexity index is 483. The average molecular weight is 295 g/mol. The van der Waals surface area contributed by atoms with Gasteiger partial charge in [0.1, 0.15) is 12.4 Å². The Morgan fingerprint density at radius 2 is 2.00 bits per heavy atom. The normalized spacial score (nSPS) is 14.4. The zero-order chi connectivity index (χ0) is 15.8. The van der Waals surface area contributed by atoms with Crippen molar-refractivity contribution in [3.05, 3.63) is 41.5 Å². The molecule has 1 rings (SSSR count). The van der Waals surface area contributed by atoms with Gasteiger partial charge in [-0.15, -0.1) is 0 Å². The van der Waals surface area contributed by atoms with Gasteiger partial charge in [-0.2, -0.15) is 0 Å². The van der Waals surface area contributed by atoms with Crippen LogP contribution in [-0.4, -0.2) is 34.5 Å². The van der Waals surface area contributed by atoms with Gasteiger partial charge in [-0.05, 0) is 24.6 Å². The van der Waals surface area contributed by atoms with Crippen LogP contribution >= 0.6 is 0 Å². The molecule has 6 heteroatoms. The van der Waals surface area contributed by atoms with Crippen molar-refractivity contribution in [3.8, 4) is 5.75 Å². The molecule has 0 aliphatic carbocycles. The molecule has 0 aliphatic rings. The van der Waals surface area contributed by atoms with Crippen molar-refractivity contribution in [2.45, 2.75) is 20.0 Å². The largest absolute Gasteiger partial charge is 0.491 e. The molecule has 0 spiro atoms. The Kier molecular flexibility index (Phi) is 6.87. The molecule has 0 heterocycles. The van der Waals surface area contributed by atoms with Crippen LogP contribution in [0.4, 0.5) is 0 Å². The predicted molar refractivity (Wildman–Crippen MR) is 76.8 cm³/mol. The average Bonchev–Trinajstić information content (AvgIpc) is 2.51. The highest BCUT2D eigenvalue weighted by molar-refractivity contribution is 5.91. The Labute approximate surface area is 123 Å². The summed E-state index contributed by atoms with van der Waals surface area (Å²) >= 11 is 0. The standard InChI is InChI=1S/C15H21NO5/c1-10(9-11(2)15(19)16-20)14(18)12-3-5-13(6-4-12)21-8-7-17/h3-6,9-10,14,17-18,20H,7-8H2,1-2H3,(H,16,19)/b11-9+/t10-,14-/m1/s1. The van der Waals surface area contributed by atoms with Gasteiger partial charge in [0.15, 0.2) is 0 Å². The summed E-state index contributed by atoms with van der Waals surface area (Å²) in [4.78, 5) is 11.2. The van der Waals surface area contributed by atoms with Crippen molar-refractivity contribution >= 4 is 5.91 Å². The van der Waals surface area contributed by atoms with Crippen molar-refractivity contribution in [1.82, 2.24) is 5.48 Å². The number of ether oxygens (including phenoxy) is 1. The van der Waals surface area contributed by atoms with E-state index in [4.69, 9.17) is 15.1 Å². The number of rotatable bonds is 7. The molecule has 2 atom stereocenters. The molecule has 0 unspecified atom stereocenters. The minimum absolute atomic E-state index is 0.0571. The van der Waals surface area contributed by atoms with Crippen LogP contribution in [0, 0.1) is 5.92 Å². The van der Waals surface area contributed by atoms with E-state index in [1.54, 1.807) is 49.7 Å². The minimum Gasteiger partial charge on any atom is -0.491 e. The topological polar surface area (TPSA) is 99.0 Å². The molecule has 0 saturated heterocycles. The van der Waals surface area contributed by atoms with Gasteiger partial charge >= 0.3 is 0 Å². The lowest BCUT2D eigenvalue weighted by molar-refractivity contribution is -0.125. The summed E-state index contributed by atoms with van der Waals surface area (Å²) in [6.45, 7) is 3.49. The number of amides is 1. The fraction of sp³-hybridized carbons (Fsp3) is 0.400. The number of aliphatic hydroxyl groups is 2. The summed E-state index contributed by atoms with van der Waals surface area (Å²) in [5, 5.41) is 27.5. The van der Waals surface area contributed by atoms with E-state index in [1.165, 1.54) is 0 Å². The van der Waals surface area contributed by atoms with Gasteiger partial charge in [0, 0.05) is 11.5 Å². The van der Waals surface area contributed by atoms with E-state index < -0.39 is 12.0 Å². The van der Waals surface area contributed by atoms with Crippen LogP contribution in [0.5, 0.6) is 5.75 Å². The second kappa shape index (κ2) is 8.41. The molecule has 6 nitrogen and oxygen atoms in total. The van der Waals surface area contributed by atoms with Gasteiger partial charge in [0.05, 0.1) is 12.7 Å². The van der Waals surface area contributed by atoms with Crippen LogP contribution in [0.3, 0.4) is 0 Å². The first-order chi connectivity index (χ1) is 9.99. The number of nitrogens with one attached hydrogen (secondary N) is 1. The van der Waals surface area contributed by atoms with E-state index >= 15 is 0 Å². The van der Waals surface area contributed by atoms with Gasteiger partial charge < -0.3 is 14.9 Å². The van der Waals surface area contributed by atoms with Crippen LogP contribution < -0.4 is 10.2 Å². The summed E-state index contributed by atoms with van der Waals surface area (Å²) in [6, 6.07) is 6.86. The van der Waals surface area contributed by atoms with Crippen LogP contribution in [-0.2, 0) is 4.79 Å². The van der Waals surface area contributed by atoms with Gasteiger partial charge in [-0.3, -0.25) is 10.0 Å². The van der Waals surface area contributed by atoms with Gasteiger partial charge in [0.25, 0.3) is 5.91 Å². The molecular weight excluding hydrogens is 274 g/mol. The molecule has 0 aromatic heterocycles. The third-order valence-corrected chi connectivity index (χ3v) is 3.05. The van der Waals surface area contributed by atoms with Crippen molar-refractivity contribution in [2.75, 3.05) is 13.2 Å². The molecule has 0 bridgehead atoms. The number of hydroxylamine groups is 1. The lowest BCUT2D eigenvalue weighted by Crippen LogP contribution is -2.20. The van der Waals surface area contributed by atoms with E-state index in [2.05, 4.69) is 0 Å². The first-order valence-corrected chi connectivity index (χ1v) is 6.64. The van der Waals surface area contributed by atoms with E-state index in [0.717, 1.165) is 0 Å². The molecule has 116 valence electrons. The smallest absolute Gasteiger partial charge is 0.269 e. The third kappa shape index (κ3) is 5.18. The summed E-state index contributed by atoms with van der Waals surface area (Å²) < 4.78 is 5.24. The highest BCUT2D eigenvalue weighted by Gasteiger charge is 2.16. The van der Waals surface area contributed by atoms with Crippen molar-refractivity contribution in [2.24, 2.45) is 5.92 Å². The van der Waals surface area contributed by atoms with E-state index in [-0.39, 0.29) is 19.1 Å². The zero-order valence-corrected chi connectivity index (χ0v) is 12.1. The third-order valence-electron chi connectivity index (χ3n) is 3.05. The number of hydrogen-bond donors (Lipinski definition) is 4. The molecule has 0 fully saturated rings. The van der Waals surface area contributed by atoms with E-state index in [9.17, 15) is 9.90 Å². The van der Waals surface area contributed by atoms with Gasteiger partial charge in [-0.25, -0.2) is 5.48 Å². The maximum Gasteiger partial charge on any atom is 0.269 e. The molecule has 0 radical (unpaired) electrons. The lowest BCUT2D eigenvalue weighted by atomic mass is 9.95. The second-order valence-corrected chi connectivity index (χ2v) is 4.74. The summed E-state index contributed by atoms with van der Waals surface area (Å²) in [5.41, 5.74) is 2.56. The van der Waals surface area contributed by atoms with Crippen molar-refractivity contribution in [3.63, 3.8) is 0 Å². The van der Waals surface area contributed by atoms with Gasteiger partial charge in [-0.1, -0.05) is 25.1 Å². The first-order valence-electron chi connectivity index (χ1n) is 6.64. The Morgan fingerprint density at radius 3 is 2.52 bits per heavy atom. The monoisotopic (exact) mass is 295 g/mol. The maximum absolute atomic E-state index is 11.2. The molecule has 1 amide bonds. The molecule has 0 aliphatic heterocycles. The number of carbonyl (C=O) groups excluding carboxylic acids is 1. The Hall–Kier alpha value is -1.89.